The lowest BCUT2D eigenvalue weighted by molar-refractivity contribution is -0.134. The Morgan fingerprint density at radius 1 is 1.04 bits per heavy atom. The minimum absolute atomic E-state index is 0.0000500. The van der Waals surface area contributed by atoms with Crippen LogP contribution in [0.4, 0.5) is 10.1 Å². The fourth-order valence-electron chi connectivity index (χ4n) is 2.89. The lowest BCUT2D eigenvalue weighted by Gasteiger charge is -2.17. The molecule has 3 rings (SSSR count). The van der Waals surface area contributed by atoms with Gasteiger partial charge >= 0.3 is 5.97 Å². The van der Waals surface area contributed by atoms with Crippen LogP contribution in [0, 0.1) is 11.2 Å². The van der Waals surface area contributed by atoms with Gasteiger partial charge in [0.1, 0.15) is 11.2 Å². The zero-order chi connectivity index (χ0) is 20.1. The summed E-state index contributed by atoms with van der Waals surface area (Å²) < 4.78 is 18.7. The molecule has 0 aromatic heterocycles. The smallest absolute Gasteiger partial charge is 0.340 e. The van der Waals surface area contributed by atoms with Crippen LogP contribution < -0.4 is 10.6 Å². The second-order valence-electron chi connectivity index (χ2n) is 6.58. The zero-order valence-electron chi connectivity index (χ0n) is 15.5. The normalized spacial score (nSPS) is 14.1. The third-order valence-electron chi connectivity index (χ3n) is 4.69. The number of esters is 1. The van der Waals surface area contributed by atoms with E-state index in [0.29, 0.717) is 24.1 Å². The SMILES string of the molecule is CCOC(=O)c1ccccc1NC(=O)C1(C(=O)NCc2ccccc2F)CC1. The number of carbonyl (C=O) groups excluding carboxylic acids is 3. The summed E-state index contributed by atoms with van der Waals surface area (Å²) in [7, 11) is 0. The Hall–Kier alpha value is -3.22. The van der Waals surface area contributed by atoms with Crippen LogP contribution >= 0.6 is 0 Å². The van der Waals surface area contributed by atoms with Crippen LogP contribution in [0.15, 0.2) is 48.5 Å². The van der Waals surface area contributed by atoms with E-state index >= 15 is 0 Å². The largest absolute Gasteiger partial charge is 0.462 e. The molecule has 1 saturated carbocycles. The molecule has 28 heavy (non-hydrogen) atoms. The van der Waals surface area contributed by atoms with Gasteiger partial charge in [-0.3, -0.25) is 9.59 Å². The molecule has 7 heteroatoms. The predicted molar refractivity (Wildman–Crippen MR) is 101 cm³/mol. The van der Waals surface area contributed by atoms with Crippen molar-refractivity contribution in [2.45, 2.75) is 26.3 Å². The van der Waals surface area contributed by atoms with Gasteiger partial charge in [0.05, 0.1) is 17.9 Å². The van der Waals surface area contributed by atoms with Crippen molar-refractivity contribution in [2.24, 2.45) is 5.41 Å². The fraction of sp³-hybridized carbons (Fsp3) is 0.286. The number of anilines is 1. The Morgan fingerprint density at radius 2 is 1.71 bits per heavy atom. The van der Waals surface area contributed by atoms with E-state index in [0.717, 1.165) is 0 Å². The first-order chi connectivity index (χ1) is 13.5. The molecule has 0 radical (unpaired) electrons. The van der Waals surface area contributed by atoms with Gasteiger partial charge in [-0.25, -0.2) is 9.18 Å². The van der Waals surface area contributed by atoms with Crippen LogP contribution in [0.25, 0.3) is 0 Å². The molecule has 146 valence electrons. The van der Waals surface area contributed by atoms with Gasteiger partial charge in [-0.1, -0.05) is 30.3 Å². The molecule has 0 heterocycles. The Morgan fingerprint density at radius 3 is 2.39 bits per heavy atom. The van der Waals surface area contributed by atoms with Gasteiger partial charge in [-0.15, -0.1) is 0 Å². The highest BCUT2D eigenvalue weighted by Gasteiger charge is 2.56. The van der Waals surface area contributed by atoms with Crippen molar-refractivity contribution in [3.63, 3.8) is 0 Å². The number of halogens is 1. The average molecular weight is 384 g/mol. The van der Waals surface area contributed by atoms with Crippen molar-refractivity contribution < 1.29 is 23.5 Å². The number of rotatable bonds is 7. The highest BCUT2D eigenvalue weighted by molar-refractivity contribution is 6.14. The van der Waals surface area contributed by atoms with Crippen molar-refractivity contribution in [1.29, 1.82) is 0 Å². The lowest BCUT2D eigenvalue weighted by Crippen LogP contribution is -2.40. The highest BCUT2D eigenvalue weighted by atomic mass is 19.1. The molecule has 2 N–H and O–H groups in total. The zero-order valence-corrected chi connectivity index (χ0v) is 15.5. The standard InChI is InChI=1S/C21H21FN2O4/c1-2-28-18(25)15-8-4-6-10-17(15)24-20(27)21(11-12-21)19(26)23-13-14-7-3-5-9-16(14)22/h3-10H,2,11-13H2,1H3,(H,23,26)(H,24,27). The molecular formula is C21H21FN2O4. The number of carbonyl (C=O) groups is 3. The highest BCUT2D eigenvalue weighted by Crippen LogP contribution is 2.47. The van der Waals surface area contributed by atoms with Gasteiger partial charge in [0.15, 0.2) is 0 Å². The van der Waals surface area contributed by atoms with Crippen molar-refractivity contribution in [3.8, 4) is 0 Å². The van der Waals surface area contributed by atoms with Crippen LogP contribution in [0.2, 0.25) is 0 Å². The molecule has 0 atom stereocenters. The Balaban J connectivity index is 1.68. The van der Waals surface area contributed by atoms with E-state index in [4.69, 9.17) is 4.74 Å². The molecule has 0 bridgehead atoms. The summed E-state index contributed by atoms with van der Waals surface area (Å²) in [5, 5.41) is 5.30. The predicted octanol–water partition coefficient (Wildman–Crippen LogP) is 3.04. The molecule has 0 aliphatic heterocycles. The summed E-state index contributed by atoms with van der Waals surface area (Å²) in [5.74, 6) is -1.91. The summed E-state index contributed by atoms with van der Waals surface area (Å²) in [4.78, 5) is 37.4. The first-order valence-electron chi connectivity index (χ1n) is 9.07. The van der Waals surface area contributed by atoms with Crippen LogP contribution in [-0.4, -0.2) is 24.4 Å². The Labute approximate surface area is 162 Å². The van der Waals surface area contributed by atoms with Crippen LogP contribution in [0.1, 0.15) is 35.7 Å². The van der Waals surface area contributed by atoms with Gasteiger partial charge in [0, 0.05) is 12.1 Å². The Kier molecular flexibility index (Phi) is 5.73. The summed E-state index contributed by atoms with van der Waals surface area (Å²) in [6.07, 6.45) is 0.785. The van der Waals surface area contributed by atoms with E-state index in [1.165, 1.54) is 6.07 Å². The minimum atomic E-state index is -1.20. The number of amides is 2. The first kappa shape index (κ1) is 19.5. The van der Waals surface area contributed by atoms with Crippen LogP contribution in [0.3, 0.4) is 0 Å². The summed E-state index contributed by atoms with van der Waals surface area (Å²) in [6.45, 7) is 1.90. The maximum Gasteiger partial charge on any atom is 0.340 e. The van der Waals surface area contributed by atoms with Gasteiger partial charge in [-0.05, 0) is 38.0 Å². The fourth-order valence-corrected chi connectivity index (χ4v) is 2.89. The van der Waals surface area contributed by atoms with Crippen molar-refractivity contribution in [1.82, 2.24) is 5.32 Å². The van der Waals surface area contributed by atoms with Crippen LogP contribution in [0.5, 0.6) is 0 Å². The van der Waals surface area contributed by atoms with E-state index < -0.39 is 29.0 Å². The molecule has 0 spiro atoms. The van der Waals surface area contributed by atoms with E-state index in [1.54, 1.807) is 49.4 Å². The molecule has 1 aliphatic rings. The third kappa shape index (κ3) is 4.03. The first-order valence-corrected chi connectivity index (χ1v) is 9.07. The molecule has 1 fully saturated rings. The Bertz CT molecular complexity index is 909. The molecule has 2 amide bonds. The molecular weight excluding hydrogens is 363 g/mol. The maximum absolute atomic E-state index is 13.7. The quantitative estimate of drug-likeness (QED) is 0.568. The number of hydrogen-bond donors (Lipinski definition) is 2. The second kappa shape index (κ2) is 8.21. The summed E-state index contributed by atoms with van der Waals surface area (Å²) in [5.41, 5.74) is -0.341. The van der Waals surface area contributed by atoms with Crippen LogP contribution in [-0.2, 0) is 20.9 Å². The number of ether oxygens (including phenoxy) is 1. The maximum atomic E-state index is 13.7. The van der Waals surface area contributed by atoms with E-state index in [9.17, 15) is 18.8 Å². The topological polar surface area (TPSA) is 84.5 Å². The molecule has 6 nitrogen and oxygen atoms in total. The molecule has 1 aliphatic carbocycles. The van der Waals surface area contributed by atoms with Crippen molar-refractivity contribution >= 4 is 23.5 Å². The van der Waals surface area contributed by atoms with E-state index in [-0.39, 0.29) is 18.7 Å². The number of hydrogen-bond acceptors (Lipinski definition) is 4. The molecule has 0 unspecified atom stereocenters. The molecule has 0 saturated heterocycles. The van der Waals surface area contributed by atoms with Gasteiger partial charge in [0.2, 0.25) is 11.8 Å². The summed E-state index contributed by atoms with van der Waals surface area (Å²) in [6, 6.07) is 12.6. The van der Waals surface area contributed by atoms with Crippen molar-refractivity contribution in [3.05, 3.63) is 65.5 Å². The molecule has 2 aromatic carbocycles. The third-order valence-corrected chi connectivity index (χ3v) is 4.69. The van der Waals surface area contributed by atoms with Gasteiger partial charge in [-0.2, -0.15) is 0 Å². The average Bonchev–Trinajstić information content (AvgIpc) is 3.50. The van der Waals surface area contributed by atoms with E-state index in [2.05, 4.69) is 10.6 Å². The second-order valence-corrected chi connectivity index (χ2v) is 6.58. The van der Waals surface area contributed by atoms with Gasteiger partial charge in [0.25, 0.3) is 0 Å². The minimum Gasteiger partial charge on any atom is -0.462 e. The number of benzene rings is 2. The van der Waals surface area contributed by atoms with E-state index in [1.807, 2.05) is 0 Å². The lowest BCUT2D eigenvalue weighted by atomic mass is 10.0. The molecule has 2 aromatic rings. The number of para-hydroxylation sites is 1. The number of nitrogens with one attached hydrogen (secondary N) is 2. The summed E-state index contributed by atoms with van der Waals surface area (Å²) >= 11 is 0. The van der Waals surface area contributed by atoms with Crippen molar-refractivity contribution in [2.75, 3.05) is 11.9 Å². The van der Waals surface area contributed by atoms with Gasteiger partial charge < -0.3 is 15.4 Å². The monoisotopic (exact) mass is 384 g/mol.